The van der Waals surface area contributed by atoms with Crippen molar-refractivity contribution in [1.82, 2.24) is 0 Å². The number of esters is 2. The van der Waals surface area contributed by atoms with Crippen LogP contribution in [0.15, 0.2) is 9.98 Å². The lowest BCUT2D eigenvalue weighted by Crippen LogP contribution is -2.19. The molecule has 0 N–H and O–H groups in total. The molecular formula is C12H16N2O4S2. The summed E-state index contributed by atoms with van der Waals surface area (Å²) in [5.74, 6) is 0.718. The first-order valence-electron chi connectivity index (χ1n) is 6.18. The molecule has 0 unspecified atom stereocenters. The van der Waals surface area contributed by atoms with E-state index in [4.69, 9.17) is 0 Å². The van der Waals surface area contributed by atoms with Crippen LogP contribution in [0.3, 0.4) is 0 Å². The highest BCUT2D eigenvalue weighted by atomic mass is 32.2. The number of methoxy groups -OCH3 is 2. The molecule has 0 aliphatic carbocycles. The van der Waals surface area contributed by atoms with Crippen LogP contribution in [-0.2, 0) is 19.1 Å². The minimum absolute atomic E-state index is 0.286. The fraction of sp³-hybridized carbons (Fsp3) is 0.667. The largest absolute Gasteiger partial charge is 0.467 e. The van der Waals surface area contributed by atoms with Crippen LogP contribution in [0.1, 0.15) is 12.8 Å². The van der Waals surface area contributed by atoms with Crippen molar-refractivity contribution in [3.05, 3.63) is 0 Å². The molecule has 2 atom stereocenters. The highest BCUT2D eigenvalue weighted by Crippen LogP contribution is 2.26. The van der Waals surface area contributed by atoms with Crippen LogP contribution in [0.2, 0.25) is 0 Å². The van der Waals surface area contributed by atoms with Gasteiger partial charge in [-0.25, -0.2) is 9.59 Å². The predicted octanol–water partition coefficient (Wildman–Crippen LogP) is 1.14. The van der Waals surface area contributed by atoms with Gasteiger partial charge in [0.2, 0.25) is 0 Å². The Hall–Kier alpha value is -1.02. The number of carbonyl (C=O) groups excluding carboxylic acids is 2. The lowest BCUT2D eigenvalue weighted by Gasteiger charge is -2.01. The summed E-state index contributed by atoms with van der Waals surface area (Å²) in [5, 5.41) is 1.90. The van der Waals surface area contributed by atoms with E-state index in [1.807, 2.05) is 0 Å². The Bertz CT molecular complexity index is 422. The first-order chi connectivity index (χ1) is 9.63. The molecule has 6 nitrogen and oxygen atoms in total. The number of rotatable bonds is 5. The van der Waals surface area contributed by atoms with Crippen molar-refractivity contribution in [3.63, 3.8) is 0 Å². The van der Waals surface area contributed by atoms with Crippen LogP contribution in [0.5, 0.6) is 0 Å². The van der Waals surface area contributed by atoms with Crippen LogP contribution in [0, 0.1) is 0 Å². The van der Waals surface area contributed by atoms with Crippen LogP contribution >= 0.6 is 23.5 Å². The van der Waals surface area contributed by atoms with E-state index in [0.29, 0.717) is 11.5 Å². The zero-order valence-electron chi connectivity index (χ0n) is 11.3. The predicted molar refractivity (Wildman–Crippen MR) is 80.6 cm³/mol. The Labute approximate surface area is 125 Å². The maximum atomic E-state index is 11.3. The van der Waals surface area contributed by atoms with Gasteiger partial charge in [0.15, 0.2) is 12.1 Å². The van der Waals surface area contributed by atoms with E-state index in [2.05, 4.69) is 19.5 Å². The Morgan fingerprint density at radius 2 is 1.40 bits per heavy atom. The highest BCUT2D eigenvalue weighted by Gasteiger charge is 2.28. The van der Waals surface area contributed by atoms with Gasteiger partial charge in [-0.1, -0.05) is 0 Å². The second-order valence-corrected chi connectivity index (χ2v) is 6.43. The van der Waals surface area contributed by atoms with Gasteiger partial charge in [0.05, 0.1) is 24.3 Å². The number of nitrogens with zero attached hydrogens (tertiary/aromatic N) is 2. The summed E-state index contributed by atoms with van der Waals surface area (Å²) < 4.78 is 9.35. The Morgan fingerprint density at radius 1 is 1.00 bits per heavy atom. The average molecular weight is 316 g/mol. The fourth-order valence-electron chi connectivity index (χ4n) is 1.85. The van der Waals surface area contributed by atoms with Crippen molar-refractivity contribution in [3.8, 4) is 0 Å². The highest BCUT2D eigenvalue weighted by molar-refractivity contribution is 8.14. The Morgan fingerprint density at radius 3 is 1.75 bits per heavy atom. The number of hydrogen-bond acceptors (Lipinski definition) is 8. The van der Waals surface area contributed by atoms with Crippen molar-refractivity contribution in [2.75, 3.05) is 25.7 Å². The van der Waals surface area contributed by atoms with Crippen LogP contribution in [0.25, 0.3) is 0 Å². The average Bonchev–Trinajstić information content (AvgIpc) is 3.12. The molecule has 0 aromatic rings. The molecule has 2 aliphatic rings. The first kappa shape index (κ1) is 15.4. The molecule has 2 rings (SSSR count). The van der Waals surface area contributed by atoms with Gasteiger partial charge in [-0.2, -0.15) is 0 Å². The van der Waals surface area contributed by atoms with Gasteiger partial charge in [-0.05, 0) is 0 Å². The summed E-state index contributed by atoms with van der Waals surface area (Å²) >= 11 is 3.16. The second-order valence-electron chi connectivity index (χ2n) is 4.25. The van der Waals surface area contributed by atoms with E-state index >= 15 is 0 Å². The zero-order valence-corrected chi connectivity index (χ0v) is 13.0. The molecule has 110 valence electrons. The van der Waals surface area contributed by atoms with E-state index in [0.717, 1.165) is 22.9 Å². The monoisotopic (exact) mass is 316 g/mol. The van der Waals surface area contributed by atoms with E-state index in [1.165, 1.54) is 14.2 Å². The van der Waals surface area contributed by atoms with Crippen LogP contribution in [-0.4, -0.2) is 59.8 Å². The number of thioether (sulfide) groups is 2. The molecule has 0 aromatic carbocycles. The molecule has 0 fully saturated rings. The SMILES string of the molecule is COC(=O)[C@@H]1CSC(CCC2=N[C@H](C(=O)OC)CS2)=N1. The topological polar surface area (TPSA) is 77.3 Å². The van der Waals surface area contributed by atoms with Gasteiger partial charge in [0, 0.05) is 24.3 Å². The van der Waals surface area contributed by atoms with Crippen molar-refractivity contribution >= 4 is 45.5 Å². The third kappa shape index (κ3) is 3.76. The number of hydrogen-bond donors (Lipinski definition) is 0. The standard InChI is InChI=1S/C12H16N2O4S2/c1-17-11(15)7-5-19-9(13-7)3-4-10-14-8(6-20-10)12(16)18-2/h7-8H,3-6H2,1-2H3/t7-,8-/m0/s1. The molecule has 0 amide bonds. The van der Waals surface area contributed by atoms with Crippen molar-refractivity contribution < 1.29 is 19.1 Å². The maximum absolute atomic E-state index is 11.3. The number of carbonyl (C=O) groups is 2. The minimum atomic E-state index is -0.374. The van der Waals surface area contributed by atoms with E-state index in [9.17, 15) is 9.59 Å². The smallest absolute Gasteiger partial charge is 0.331 e. The molecule has 8 heteroatoms. The lowest BCUT2D eigenvalue weighted by molar-refractivity contribution is -0.142. The third-order valence-electron chi connectivity index (χ3n) is 2.91. The van der Waals surface area contributed by atoms with E-state index < -0.39 is 0 Å². The van der Waals surface area contributed by atoms with E-state index in [1.54, 1.807) is 23.5 Å². The third-order valence-corrected chi connectivity index (χ3v) is 5.16. The summed E-state index contributed by atoms with van der Waals surface area (Å²) in [4.78, 5) is 31.4. The number of aliphatic imine (C=N–C) groups is 2. The van der Waals surface area contributed by atoms with Gasteiger partial charge in [-0.15, -0.1) is 23.5 Å². The molecule has 2 heterocycles. The van der Waals surface area contributed by atoms with Crippen LogP contribution in [0.4, 0.5) is 0 Å². The molecule has 0 saturated heterocycles. The van der Waals surface area contributed by atoms with Gasteiger partial charge >= 0.3 is 11.9 Å². The summed E-state index contributed by atoms with van der Waals surface area (Å²) in [5.41, 5.74) is 0. The lowest BCUT2D eigenvalue weighted by atomic mass is 10.3. The zero-order chi connectivity index (χ0) is 14.5. The second kappa shape index (κ2) is 7.12. The maximum Gasteiger partial charge on any atom is 0.331 e. The molecular weight excluding hydrogens is 300 g/mol. The molecule has 0 saturated carbocycles. The molecule has 0 bridgehead atoms. The summed E-state index contributed by atoms with van der Waals surface area (Å²) in [7, 11) is 2.74. The molecule has 0 radical (unpaired) electrons. The van der Waals surface area contributed by atoms with Gasteiger partial charge in [0.1, 0.15) is 0 Å². The Kier molecular flexibility index (Phi) is 5.47. The minimum Gasteiger partial charge on any atom is -0.467 e. The molecule has 20 heavy (non-hydrogen) atoms. The Balaban J connectivity index is 1.82. The van der Waals surface area contributed by atoms with Gasteiger partial charge in [-0.3, -0.25) is 9.98 Å². The fourth-order valence-corrected chi connectivity index (χ4v) is 3.87. The van der Waals surface area contributed by atoms with E-state index in [-0.39, 0.29) is 24.0 Å². The van der Waals surface area contributed by atoms with Crippen LogP contribution < -0.4 is 0 Å². The summed E-state index contributed by atoms with van der Waals surface area (Å²) in [6.45, 7) is 0. The van der Waals surface area contributed by atoms with Crippen molar-refractivity contribution in [2.45, 2.75) is 24.9 Å². The van der Waals surface area contributed by atoms with Crippen molar-refractivity contribution in [1.29, 1.82) is 0 Å². The molecule has 0 spiro atoms. The van der Waals surface area contributed by atoms with Gasteiger partial charge in [0.25, 0.3) is 0 Å². The van der Waals surface area contributed by atoms with Gasteiger partial charge < -0.3 is 9.47 Å². The van der Waals surface area contributed by atoms with Crippen molar-refractivity contribution in [2.24, 2.45) is 9.98 Å². The normalized spacial score (nSPS) is 25.1. The quantitative estimate of drug-likeness (QED) is 0.708. The summed E-state index contributed by atoms with van der Waals surface area (Å²) in [6, 6.07) is -0.748. The molecule has 0 aromatic heterocycles. The molecule has 2 aliphatic heterocycles. The first-order valence-corrected chi connectivity index (χ1v) is 8.15. The number of ether oxygens (including phenoxy) is 2. The summed E-state index contributed by atoms with van der Waals surface area (Å²) in [6.07, 6.45) is 1.50.